The SMILES string of the molecule is COc1ccc(S)c([N+](=O)[O-])c1.[Na]. The number of hydrogen-bond donors (Lipinski definition) is 1. The first-order valence-corrected chi connectivity index (χ1v) is 3.61. The van der Waals surface area contributed by atoms with Gasteiger partial charge in [-0.05, 0) is 12.1 Å². The van der Waals surface area contributed by atoms with Crippen LogP contribution >= 0.6 is 12.6 Å². The van der Waals surface area contributed by atoms with Gasteiger partial charge in [-0.1, -0.05) is 0 Å². The van der Waals surface area contributed by atoms with Crippen LogP contribution in [0.2, 0.25) is 0 Å². The molecule has 0 N–H and O–H groups in total. The maximum absolute atomic E-state index is 10.4. The van der Waals surface area contributed by atoms with Gasteiger partial charge in [-0.25, -0.2) is 0 Å². The van der Waals surface area contributed by atoms with Crippen molar-refractivity contribution in [2.45, 2.75) is 4.90 Å². The predicted molar refractivity (Wildman–Crippen MR) is 52.7 cm³/mol. The van der Waals surface area contributed by atoms with E-state index in [1.807, 2.05) is 0 Å². The first kappa shape index (κ1) is 12.8. The van der Waals surface area contributed by atoms with Crippen LogP contribution in [-0.4, -0.2) is 41.6 Å². The fourth-order valence-corrected chi connectivity index (χ4v) is 0.997. The molecule has 0 heterocycles. The fraction of sp³-hybridized carbons (Fsp3) is 0.143. The molecular formula is C7H7NNaO3S. The predicted octanol–water partition coefficient (Wildman–Crippen LogP) is 1.51. The van der Waals surface area contributed by atoms with Crippen molar-refractivity contribution < 1.29 is 9.66 Å². The molecule has 0 unspecified atom stereocenters. The molecule has 0 aliphatic heterocycles. The van der Waals surface area contributed by atoms with Crippen LogP contribution in [0.4, 0.5) is 5.69 Å². The molecule has 6 heteroatoms. The number of nitrogens with zero attached hydrogens (tertiary/aromatic N) is 1. The monoisotopic (exact) mass is 208 g/mol. The van der Waals surface area contributed by atoms with Crippen LogP contribution in [-0.2, 0) is 0 Å². The summed E-state index contributed by atoms with van der Waals surface area (Å²) in [6, 6.07) is 4.48. The number of rotatable bonds is 2. The molecule has 0 aromatic heterocycles. The van der Waals surface area contributed by atoms with Crippen LogP contribution in [0.15, 0.2) is 23.1 Å². The van der Waals surface area contributed by atoms with Crippen molar-refractivity contribution in [2.24, 2.45) is 0 Å². The van der Waals surface area contributed by atoms with Crippen molar-refractivity contribution in [3.8, 4) is 5.75 Å². The topological polar surface area (TPSA) is 52.4 Å². The Labute approximate surface area is 103 Å². The Kier molecular flexibility index (Phi) is 5.39. The molecule has 0 saturated carbocycles. The summed E-state index contributed by atoms with van der Waals surface area (Å²) in [4.78, 5) is 10.2. The molecule has 0 saturated heterocycles. The van der Waals surface area contributed by atoms with Gasteiger partial charge < -0.3 is 4.74 Å². The molecule has 0 atom stereocenters. The Bertz CT molecular complexity index is 319. The van der Waals surface area contributed by atoms with Crippen molar-refractivity contribution in [1.29, 1.82) is 0 Å². The van der Waals surface area contributed by atoms with Crippen molar-refractivity contribution in [2.75, 3.05) is 7.11 Å². The van der Waals surface area contributed by atoms with E-state index in [1.165, 1.54) is 19.2 Å². The molecule has 1 radical (unpaired) electrons. The van der Waals surface area contributed by atoms with Gasteiger partial charge in [0.15, 0.2) is 0 Å². The van der Waals surface area contributed by atoms with Gasteiger partial charge >= 0.3 is 0 Å². The Balaban J connectivity index is 0.00000144. The molecule has 4 nitrogen and oxygen atoms in total. The molecule has 1 aromatic rings. The van der Waals surface area contributed by atoms with E-state index in [4.69, 9.17) is 4.74 Å². The van der Waals surface area contributed by atoms with Crippen LogP contribution in [0, 0.1) is 10.1 Å². The Morgan fingerprint density at radius 3 is 2.62 bits per heavy atom. The molecule has 13 heavy (non-hydrogen) atoms. The van der Waals surface area contributed by atoms with Gasteiger partial charge in [0.1, 0.15) is 5.75 Å². The van der Waals surface area contributed by atoms with E-state index in [1.54, 1.807) is 6.07 Å². The largest absolute Gasteiger partial charge is 0.497 e. The summed E-state index contributed by atoms with van der Waals surface area (Å²) in [6.45, 7) is 0. The fourth-order valence-electron chi connectivity index (χ4n) is 0.776. The number of thiol groups is 1. The van der Waals surface area contributed by atoms with E-state index in [-0.39, 0.29) is 35.2 Å². The summed E-state index contributed by atoms with van der Waals surface area (Å²) < 4.78 is 4.82. The van der Waals surface area contributed by atoms with Gasteiger partial charge in [0.25, 0.3) is 5.69 Å². The third kappa shape index (κ3) is 3.19. The summed E-state index contributed by atoms with van der Waals surface area (Å²) >= 11 is 3.93. The van der Waals surface area contributed by atoms with Crippen molar-refractivity contribution in [3.63, 3.8) is 0 Å². The Morgan fingerprint density at radius 1 is 1.54 bits per heavy atom. The normalized spacial score (nSPS) is 8.77. The molecule has 0 bridgehead atoms. The summed E-state index contributed by atoms with van der Waals surface area (Å²) in [5, 5.41) is 10.4. The second kappa shape index (κ2) is 5.49. The number of nitro benzene ring substituents is 1. The van der Waals surface area contributed by atoms with Crippen molar-refractivity contribution in [3.05, 3.63) is 28.3 Å². The first-order chi connectivity index (χ1) is 5.65. The van der Waals surface area contributed by atoms with Crippen molar-refractivity contribution >= 4 is 47.9 Å². The maximum atomic E-state index is 10.4. The van der Waals surface area contributed by atoms with Gasteiger partial charge in [0.05, 0.1) is 23.0 Å². The zero-order chi connectivity index (χ0) is 9.14. The molecule has 1 aromatic carbocycles. The zero-order valence-electron chi connectivity index (χ0n) is 7.35. The Morgan fingerprint density at radius 2 is 2.15 bits per heavy atom. The Hall–Kier alpha value is -0.230. The summed E-state index contributed by atoms with van der Waals surface area (Å²) in [5.74, 6) is 0.458. The minimum Gasteiger partial charge on any atom is -0.497 e. The first-order valence-electron chi connectivity index (χ1n) is 3.16. The second-order valence-corrected chi connectivity index (χ2v) is 2.59. The third-order valence-electron chi connectivity index (χ3n) is 1.38. The molecule has 0 aliphatic carbocycles. The molecule has 1 rings (SSSR count). The molecule has 0 spiro atoms. The average molecular weight is 208 g/mol. The quantitative estimate of drug-likeness (QED) is 0.347. The second-order valence-electron chi connectivity index (χ2n) is 2.11. The number of benzene rings is 1. The molecule has 0 fully saturated rings. The smallest absolute Gasteiger partial charge is 0.286 e. The van der Waals surface area contributed by atoms with E-state index in [9.17, 15) is 10.1 Å². The summed E-state index contributed by atoms with van der Waals surface area (Å²) in [5.41, 5.74) is -0.0438. The van der Waals surface area contributed by atoms with E-state index < -0.39 is 4.92 Å². The van der Waals surface area contributed by atoms with Crippen LogP contribution < -0.4 is 4.74 Å². The van der Waals surface area contributed by atoms with Crippen LogP contribution in [0.3, 0.4) is 0 Å². The number of methoxy groups -OCH3 is 1. The van der Waals surface area contributed by atoms with Gasteiger partial charge in [0.2, 0.25) is 0 Å². The minimum absolute atomic E-state index is 0. The molecular weight excluding hydrogens is 201 g/mol. The van der Waals surface area contributed by atoms with Crippen LogP contribution in [0.5, 0.6) is 5.75 Å². The van der Waals surface area contributed by atoms with Gasteiger partial charge in [-0.2, -0.15) is 0 Å². The number of ether oxygens (including phenoxy) is 1. The summed E-state index contributed by atoms with van der Waals surface area (Å²) in [7, 11) is 1.46. The molecule has 65 valence electrons. The van der Waals surface area contributed by atoms with Gasteiger partial charge in [-0.15, -0.1) is 12.6 Å². The maximum Gasteiger partial charge on any atom is 0.286 e. The van der Waals surface area contributed by atoms with E-state index in [2.05, 4.69) is 12.6 Å². The zero-order valence-corrected chi connectivity index (χ0v) is 10.2. The van der Waals surface area contributed by atoms with Crippen LogP contribution in [0.25, 0.3) is 0 Å². The summed E-state index contributed by atoms with van der Waals surface area (Å²) in [6.07, 6.45) is 0. The van der Waals surface area contributed by atoms with E-state index in [0.29, 0.717) is 10.6 Å². The third-order valence-corrected chi connectivity index (χ3v) is 1.76. The minimum atomic E-state index is -0.495. The number of hydrogen-bond acceptors (Lipinski definition) is 4. The van der Waals surface area contributed by atoms with Crippen LogP contribution in [0.1, 0.15) is 0 Å². The van der Waals surface area contributed by atoms with E-state index in [0.717, 1.165) is 0 Å². The standard InChI is InChI=1S/C7H7NO3S.Na/c1-11-5-2-3-7(12)6(4-5)8(9)10;/h2-4,12H,1H3;. The van der Waals surface area contributed by atoms with Gasteiger partial charge in [0, 0.05) is 29.6 Å². The van der Waals surface area contributed by atoms with Gasteiger partial charge in [-0.3, -0.25) is 10.1 Å². The van der Waals surface area contributed by atoms with E-state index >= 15 is 0 Å². The number of nitro groups is 1. The molecule has 0 aliphatic rings. The molecule has 0 amide bonds. The van der Waals surface area contributed by atoms with Crippen molar-refractivity contribution in [1.82, 2.24) is 0 Å². The average Bonchev–Trinajstić information content (AvgIpc) is 2.05.